The largest absolute Gasteiger partial charge is 0.324 e. The van der Waals surface area contributed by atoms with Gasteiger partial charge in [-0.3, -0.25) is 0 Å². The highest BCUT2D eigenvalue weighted by atomic mass is 15.1. The normalized spacial score (nSPS) is 10.4. The Hall–Kier alpha value is -1.90. The van der Waals surface area contributed by atoms with E-state index in [2.05, 4.69) is 29.1 Å². The molecule has 2 rings (SSSR count). The van der Waals surface area contributed by atoms with Gasteiger partial charge in [0, 0.05) is 17.6 Å². The Morgan fingerprint density at radius 3 is 2.50 bits per heavy atom. The summed E-state index contributed by atoms with van der Waals surface area (Å²) in [6, 6.07) is 11.9. The van der Waals surface area contributed by atoms with Gasteiger partial charge in [0.1, 0.15) is 0 Å². The molecular formula is C13H15N3. The number of anilines is 2. The number of hydrogen-bond acceptors (Lipinski definition) is 3. The molecule has 0 bridgehead atoms. The summed E-state index contributed by atoms with van der Waals surface area (Å²) in [7, 11) is 0. The summed E-state index contributed by atoms with van der Waals surface area (Å²) >= 11 is 0. The maximum Gasteiger partial charge on any atom is 0.227 e. The van der Waals surface area contributed by atoms with Crippen LogP contribution in [0.25, 0.3) is 0 Å². The van der Waals surface area contributed by atoms with Crippen LogP contribution >= 0.6 is 0 Å². The minimum absolute atomic E-state index is 0.416. The molecule has 16 heavy (non-hydrogen) atoms. The lowest BCUT2D eigenvalue weighted by Crippen LogP contribution is -2.00. The lowest BCUT2D eigenvalue weighted by atomic mass is 10.1. The monoisotopic (exact) mass is 213 g/mol. The van der Waals surface area contributed by atoms with Crippen molar-refractivity contribution >= 4 is 11.6 Å². The van der Waals surface area contributed by atoms with Crippen LogP contribution in [-0.4, -0.2) is 9.97 Å². The predicted molar refractivity (Wildman–Crippen MR) is 65.8 cm³/mol. The highest BCUT2D eigenvalue weighted by Gasteiger charge is 2.02. The second-order valence-corrected chi connectivity index (χ2v) is 3.95. The highest BCUT2D eigenvalue weighted by Crippen LogP contribution is 2.15. The topological polar surface area (TPSA) is 37.8 Å². The molecule has 0 amide bonds. The molecule has 0 aliphatic heterocycles. The Morgan fingerprint density at radius 2 is 1.81 bits per heavy atom. The number of hydrogen-bond donors (Lipinski definition) is 1. The second-order valence-electron chi connectivity index (χ2n) is 3.95. The van der Waals surface area contributed by atoms with Crippen LogP contribution in [-0.2, 0) is 0 Å². The van der Waals surface area contributed by atoms with E-state index in [1.165, 1.54) is 0 Å². The molecule has 0 saturated heterocycles. The van der Waals surface area contributed by atoms with Crippen molar-refractivity contribution in [3.05, 3.63) is 48.3 Å². The molecule has 0 saturated carbocycles. The standard InChI is InChI=1S/C13H15N3/c1-10(2)12-8-9-14-13(16-12)15-11-6-4-3-5-7-11/h3-10H,1-2H3,(H,14,15,16). The van der Waals surface area contributed by atoms with Crippen molar-refractivity contribution in [1.82, 2.24) is 9.97 Å². The van der Waals surface area contributed by atoms with Crippen LogP contribution in [0.4, 0.5) is 11.6 Å². The Labute approximate surface area is 95.6 Å². The summed E-state index contributed by atoms with van der Waals surface area (Å²) in [4.78, 5) is 8.64. The van der Waals surface area contributed by atoms with E-state index < -0.39 is 0 Å². The molecule has 0 atom stereocenters. The minimum Gasteiger partial charge on any atom is -0.324 e. The maximum atomic E-state index is 4.45. The smallest absolute Gasteiger partial charge is 0.227 e. The van der Waals surface area contributed by atoms with Gasteiger partial charge in [-0.1, -0.05) is 32.0 Å². The van der Waals surface area contributed by atoms with Crippen LogP contribution in [0.1, 0.15) is 25.5 Å². The van der Waals surface area contributed by atoms with Gasteiger partial charge in [-0.25, -0.2) is 9.97 Å². The molecule has 1 N–H and O–H groups in total. The number of benzene rings is 1. The Balaban J connectivity index is 2.19. The van der Waals surface area contributed by atoms with Crippen LogP contribution in [0.2, 0.25) is 0 Å². The zero-order chi connectivity index (χ0) is 11.4. The van der Waals surface area contributed by atoms with Crippen LogP contribution in [0.15, 0.2) is 42.6 Å². The van der Waals surface area contributed by atoms with Crippen molar-refractivity contribution in [1.29, 1.82) is 0 Å². The number of rotatable bonds is 3. The molecule has 1 aromatic heterocycles. The van der Waals surface area contributed by atoms with E-state index in [0.717, 1.165) is 11.4 Å². The van der Waals surface area contributed by atoms with E-state index in [0.29, 0.717) is 11.9 Å². The Kier molecular flexibility index (Phi) is 3.15. The number of nitrogens with zero attached hydrogens (tertiary/aromatic N) is 2. The van der Waals surface area contributed by atoms with E-state index >= 15 is 0 Å². The molecule has 3 nitrogen and oxygen atoms in total. The van der Waals surface area contributed by atoms with Crippen LogP contribution in [0, 0.1) is 0 Å². The minimum atomic E-state index is 0.416. The SMILES string of the molecule is CC(C)c1ccnc(Nc2ccccc2)n1. The zero-order valence-electron chi connectivity index (χ0n) is 9.51. The lowest BCUT2D eigenvalue weighted by molar-refractivity contribution is 0.817. The summed E-state index contributed by atoms with van der Waals surface area (Å²) in [5.41, 5.74) is 2.05. The Bertz CT molecular complexity index is 452. The molecule has 2 aromatic rings. The maximum absolute atomic E-state index is 4.45. The van der Waals surface area contributed by atoms with Gasteiger partial charge in [-0.2, -0.15) is 0 Å². The van der Waals surface area contributed by atoms with E-state index in [1.54, 1.807) is 6.20 Å². The average molecular weight is 213 g/mol. The van der Waals surface area contributed by atoms with Crippen molar-refractivity contribution in [2.45, 2.75) is 19.8 Å². The summed E-state index contributed by atoms with van der Waals surface area (Å²) in [5.74, 6) is 1.07. The first-order valence-corrected chi connectivity index (χ1v) is 5.41. The number of nitrogens with one attached hydrogen (secondary N) is 1. The lowest BCUT2D eigenvalue weighted by Gasteiger charge is -2.07. The number of aromatic nitrogens is 2. The van der Waals surface area contributed by atoms with Crippen LogP contribution in [0.5, 0.6) is 0 Å². The van der Waals surface area contributed by atoms with Crippen molar-refractivity contribution in [2.24, 2.45) is 0 Å². The average Bonchev–Trinajstić information content (AvgIpc) is 2.30. The molecule has 0 aliphatic rings. The quantitative estimate of drug-likeness (QED) is 0.849. The first kappa shape index (κ1) is 10.6. The van der Waals surface area contributed by atoms with Gasteiger partial charge in [0.25, 0.3) is 0 Å². The Morgan fingerprint density at radius 1 is 1.06 bits per heavy atom. The molecule has 82 valence electrons. The fourth-order valence-electron chi connectivity index (χ4n) is 1.41. The first-order chi connectivity index (χ1) is 7.75. The third-order valence-corrected chi connectivity index (χ3v) is 2.30. The molecule has 1 heterocycles. The highest BCUT2D eigenvalue weighted by molar-refractivity contribution is 5.52. The summed E-state index contributed by atoms with van der Waals surface area (Å²) < 4.78 is 0. The van der Waals surface area contributed by atoms with Gasteiger partial charge in [0.2, 0.25) is 5.95 Å². The summed E-state index contributed by atoms with van der Waals surface area (Å²) in [5, 5.41) is 3.18. The van der Waals surface area contributed by atoms with Gasteiger partial charge in [0.05, 0.1) is 0 Å². The molecule has 0 radical (unpaired) electrons. The van der Waals surface area contributed by atoms with E-state index in [-0.39, 0.29) is 0 Å². The summed E-state index contributed by atoms with van der Waals surface area (Å²) in [6.45, 7) is 4.24. The van der Waals surface area contributed by atoms with Crippen LogP contribution in [0.3, 0.4) is 0 Å². The van der Waals surface area contributed by atoms with Gasteiger partial charge >= 0.3 is 0 Å². The van der Waals surface area contributed by atoms with E-state index in [4.69, 9.17) is 0 Å². The predicted octanol–water partition coefficient (Wildman–Crippen LogP) is 3.34. The molecular weight excluding hydrogens is 198 g/mol. The van der Waals surface area contributed by atoms with Crippen molar-refractivity contribution < 1.29 is 0 Å². The molecule has 0 aliphatic carbocycles. The van der Waals surface area contributed by atoms with Crippen molar-refractivity contribution in [3.8, 4) is 0 Å². The van der Waals surface area contributed by atoms with E-state index in [9.17, 15) is 0 Å². The fraction of sp³-hybridized carbons (Fsp3) is 0.231. The zero-order valence-corrected chi connectivity index (χ0v) is 9.51. The van der Waals surface area contributed by atoms with E-state index in [1.807, 2.05) is 36.4 Å². The molecule has 0 fully saturated rings. The summed E-state index contributed by atoms with van der Waals surface area (Å²) in [6.07, 6.45) is 1.79. The first-order valence-electron chi connectivity index (χ1n) is 5.41. The van der Waals surface area contributed by atoms with Crippen LogP contribution < -0.4 is 5.32 Å². The van der Waals surface area contributed by atoms with Gasteiger partial charge in [-0.15, -0.1) is 0 Å². The van der Waals surface area contributed by atoms with Gasteiger partial charge in [0.15, 0.2) is 0 Å². The third-order valence-electron chi connectivity index (χ3n) is 2.30. The van der Waals surface area contributed by atoms with Crippen molar-refractivity contribution in [3.63, 3.8) is 0 Å². The molecule has 1 aromatic carbocycles. The second kappa shape index (κ2) is 4.75. The number of para-hydroxylation sites is 1. The fourth-order valence-corrected chi connectivity index (χ4v) is 1.41. The molecule has 3 heteroatoms. The molecule has 0 unspecified atom stereocenters. The molecule has 0 spiro atoms. The van der Waals surface area contributed by atoms with Gasteiger partial charge < -0.3 is 5.32 Å². The van der Waals surface area contributed by atoms with Crippen molar-refractivity contribution in [2.75, 3.05) is 5.32 Å². The third kappa shape index (κ3) is 2.57. The van der Waals surface area contributed by atoms with Gasteiger partial charge in [-0.05, 0) is 24.1 Å².